The molecule has 0 aliphatic rings. The van der Waals surface area contributed by atoms with Gasteiger partial charge in [0.2, 0.25) is 0 Å². The van der Waals surface area contributed by atoms with E-state index in [4.69, 9.17) is 11.6 Å². The van der Waals surface area contributed by atoms with Crippen molar-refractivity contribution in [3.05, 3.63) is 69.2 Å². The maximum absolute atomic E-state index is 9.44. The van der Waals surface area contributed by atoms with Crippen molar-refractivity contribution < 1.29 is 5.11 Å². The van der Waals surface area contributed by atoms with Gasteiger partial charge in [-0.05, 0) is 47.1 Å². The lowest BCUT2D eigenvalue weighted by Crippen LogP contribution is -2.15. The molecule has 1 N–H and O–H groups in total. The van der Waals surface area contributed by atoms with E-state index in [2.05, 4.69) is 52.0 Å². The Balaban J connectivity index is 2.46. The highest BCUT2D eigenvalue weighted by atomic mass is 35.5. The fourth-order valence-electron chi connectivity index (χ4n) is 2.55. The van der Waals surface area contributed by atoms with Crippen molar-refractivity contribution >= 4 is 11.6 Å². The summed E-state index contributed by atoms with van der Waals surface area (Å²) in [6.45, 7) is 8.64. The number of hydrogen-bond acceptors (Lipinski definition) is 1. The fourth-order valence-corrected chi connectivity index (χ4v) is 2.80. The highest BCUT2D eigenvalue weighted by Gasteiger charge is 2.20. The van der Waals surface area contributed by atoms with Crippen LogP contribution < -0.4 is 0 Å². The van der Waals surface area contributed by atoms with Crippen molar-refractivity contribution in [2.45, 2.75) is 46.1 Å². The molecule has 0 bridgehead atoms. The third-order valence-corrected chi connectivity index (χ3v) is 4.12. The summed E-state index contributed by atoms with van der Waals surface area (Å²) in [6.07, 6.45) is 0.859. The molecule has 0 saturated carbocycles. The zero-order valence-corrected chi connectivity index (χ0v) is 14.0. The Kier molecular flexibility index (Phi) is 4.75. The first-order valence-corrected chi connectivity index (χ1v) is 7.67. The van der Waals surface area contributed by atoms with Crippen LogP contribution in [-0.4, -0.2) is 5.11 Å². The number of aliphatic hydroxyl groups is 1. The van der Waals surface area contributed by atoms with Crippen LogP contribution in [0.15, 0.2) is 36.4 Å². The molecule has 0 atom stereocenters. The van der Waals surface area contributed by atoms with Crippen LogP contribution in [-0.2, 0) is 18.4 Å². The van der Waals surface area contributed by atoms with Crippen molar-refractivity contribution in [2.24, 2.45) is 0 Å². The first-order chi connectivity index (χ1) is 9.81. The molecular weight excluding hydrogens is 280 g/mol. The minimum Gasteiger partial charge on any atom is -0.392 e. The highest BCUT2D eigenvalue weighted by molar-refractivity contribution is 6.31. The van der Waals surface area contributed by atoms with E-state index in [0.29, 0.717) is 5.02 Å². The molecule has 21 heavy (non-hydrogen) atoms. The van der Waals surface area contributed by atoms with Gasteiger partial charge in [0, 0.05) is 5.02 Å². The van der Waals surface area contributed by atoms with Crippen molar-refractivity contribution in [1.82, 2.24) is 0 Å². The second-order valence-corrected chi connectivity index (χ2v) is 7.08. The number of hydrogen-bond donors (Lipinski definition) is 1. The molecule has 2 heteroatoms. The van der Waals surface area contributed by atoms with Crippen LogP contribution in [0.2, 0.25) is 5.02 Å². The zero-order chi connectivity index (χ0) is 15.6. The van der Waals surface area contributed by atoms with Gasteiger partial charge in [-0.3, -0.25) is 0 Å². The Morgan fingerprint density at radius 2 is 1.62 bits per heavy atom. The smallest absolute Gasteiger partial charge is 0.0696 e. The van der Waals surface area contributed by atoms with Gasteiger partial charge >= 0.3 is 0 Å². The first kappa shape index (κ1) is 16.1. The van der Waals surface area contributed by atoms with Gasteiger partial charge in [-0.25, -0.2) is 0 Å². The lowest BCUT2D eigenvalue weighted by molar-refractivity contribution is 0.281. The molecule has 0 fully saturated rings. The lowest BCUT2D eigenvalue weighted by Gasteiger charge is -2.24. The van der Waals surface area contributed by atoms with E-state index in [-0.39, 0.29) is 12.0 Å². The van der Waals surface area contributed by atoms with Crippen molar-refractivity contribution in [3.8, 4) is 0 Å². The van der Waals surface area contributed by atoms with Gasteiger partial charge in [-0.15, -0.1) is 0 Å². The summed E-state index contributed by atoms with van der Waals surface area (Å²) in [6, 6.07) is 12.6. The standard InChI is InChI=1S/C19H23ClO/c1-13-5-7-14(8-6-13)9-15-11-18(20)16(12-21)10-17(15)19(2,3)4/h5-8,10-11,21H,9,12H2,1-4H3. The van der Waals surface area contributed by atoms with Crippen LogP contribution in [0, 0.1) is 6.92 Å². The van der Waals surface area contributed by atoms with E-state index >= 15 is 0 Å². The predicted molar refractivity (Wildman–Crippen MR) is 90.1 cm³/mol. The van der Waals surface area contributed by atoms with Crippen LogP contribution in [0.3, 0.4) is 0 Å². The van der Waals surface area contributed by atoms with E-state index in [1.807, 2.05) is 12.1 Å². The number of aliphatic hydroxyl groups excluding tert-OH is 1. The average Bonchev–Trinajstić information content (AvgIpc) is 2.40. The molecule has 0 heterocycles. The molecule has 2 rings (SSSR count). The Morgan fingerprint density at radius 3 is 2.14 bits per heavy atom. The summed E-state index contributed by atoms with van der Waals surface area (Å²) in [4.78, 5) is 0. The van der Waals surface area contributed by atoms with Gasteiger partial charge in [-0.1, -0.05) is 68.3 Å². The van der Waals surface area contributed by atoms with Crippen LogP contribution in [0.25, 0.3) is 0 Å². The quantitative estimate of drug-likeness (QED) is 0.843. The third-order valence-electron chi connectivity index (χ3n) is 3.77. The molecule has 112 valence electrons. The minimum absolute atomic E-state index is 0.0211. The topological polar surface area (TPSA) is 20.2 Å². The number of rotatable bonds is 3. The van der Waals surface area contributed by atoms with Gasteiger partial charge < -0.3 is 5.11 Å². The first-order valence-electron chi connectivity index (χ1n) is 7.29. The lowest BCUT2D eigenvalue weighted by atomic mass is 9.81. The molecule has 0 aliphatic heterocycles. The van der Waals surface area contributed by atoms with Crippen LogP contribution in [0.5, 0.6) is 0 Å². The Bertz CT molecular complexity index is 621. The number of benzene rings is 2. The summed E-state index contributed by atoms with van der Waals surface area (Å²) in [5.41, 5.74) is 5.84. The van der Waals surface area contributed by atoms with E-state index in [9.17, 15) is 5.11 Å². The molecule has 2 aromatic rings. The van der Waals surface area contributed by atoms with Gasteiger partial charge in [0.1, 0.15) is 0 Å². The van der Waals surface area contributed by atoms with E-state index < -0.39 is 0 Å². The van der Waals surface area contributed by atoms with Crippen LogP contribution >= 0.6 is 11.6 Å². The molecule has 0 radical (unpaired) electrons. The van der Waals surface area contributed by atoms with Crippen molar-refractivity contribution in [3.63, 3.8) is 0 Å². The largest absolute Gasteiger partial charge is 0.392 e. The third kappa shape index (κ3) is 3.87. The Labute approximate surface area is 132 Å². The number of halogens is 1. The zero-order valence-electron chi connectivity index (χ0n) is 13.2. The Morgan fingerprint density at radius 1 is 1.00 bits per heavy atom. The maximum atomic E-state index is 9.44. The monoisotopic (exact) mass is 302 g/mol. The summed E-state index contributed by atoms with van der Waals surface area (Å²) in [5, 5.41) is 10.1. The van der Waals surface area contributed by atoms with Crippen LogP contribution in [0.4, 0.5) is 0 Å². The molecule has 2 aromatic carbocycles. The average molecular weight is 303 g/mol. The Hall–Kier alpha value is -1.31. The molecule has 0 amide bonds. The number of aryl methyl sites for hydroxylation is 1. The second-order valence-electron chi connectivity index (χ2n) is 6.67. The van der Waals surface area contributed by atoms with Gasteiger partial charge in [0.05, 0.1) is 6.61 Å². The second kappa shape index (κ2) is 6.21. The van der Waals surface area contributed by atoms with Gasteiger partial charge in [0.15, 0.2) is 0 Å². The molecule has 0 unspecified atom stereocenters. The maximum Gasteiger partial charge on any atom is 0.0696 e. The summed E-state index contributed by atoms with van der Waals surface area (Å²) in [7, 11) is 0. The highest BCUT2D eigenvalue weighted by Crippen LogP contribution is 2.32. The normalized spacial score (nSPS) is 11.7. The van der Waals surface area contributed by atoms with Gasteiger partial charge in [0.25, 0.3) is 0 Å². The van der Waals surface area contributed by atoms with E-state index in [0.717, 1.165) is 12.0 Å². The molecule has 0 saturated heterocycles. The summed E-state index contributed by atoms with van der Waals surface area (Å²) < 4.78 is 0. The molecule has 0 aromatic heterocycles. The summed E-state index contributed by atoms with van der Waals surface area (Å²) >= 11 is 6.28. The fraction of sp³-hybridized carbons (Fsp3) is 0.368. The predicted octanol–water partition coefficient (Wildman–Crippen LogP) is 5.03. The van der Waals surface area contributed by atoms with E-state index in [1.54, 1.807) is 0 Å². The summed E-state index contributed by atoms with van der Waals surface area (Å²) in [5.74, 6) is 0. The molecule has 1 nitrogen and oxygen atoms in total. The molecular formula is C19H23ClO. The van der Waals surface area contributed by atoms with E-state index in [1.165, 1.54) is 22.3 Å². The molecule has 0 aliphatic carbocycles. The van der Waals surface area contributed by atoms with Crippen molar-refractivity contribution in [1.29, 1.82) is 0 Å². The van der Waals surface area contributed by atoms with Crippen molar-refractivity contribution in [2.75, 3.05) is 0 Å². The van der Waals surface area contributed by atoms with Gasteiger partial charge in [-0.2, -0.15) is 0 Å². The minimum atomic E-state index is -0.0211. The molecule has 0 spiro atoms. The van der Waals surface area contributed by atoms with Crippen LogP contribution in [0.1, 0.15) is 48.6 Å². The SMILES string of the molecule is Cc1ccc(Cc2cc(Cl)c(CO)cc2C(C)(C)C)cc1.